The fourth-order valence-corrected chi connectivity index (χ4v) is 6.80. The van der Waals surface area contributed by atoms with Crippen LogP contribution in [0.15, 0.2) is 76.5 Å². The van der Waals surface area contributed by atoms with E-state index in [4.69, 9.17) is 16.3 Å². The van der Waals surface area contributed by atoms with E-state index in [1.54, 1.807) is 32.0 Å². The molecule has 3 aromatic rings. The van der Waals surface area contributed by atoms with Crippen molar-refractivity contribution < 1.29 is 26.4 Å². The molecule has 1 N–H and O–H groups in total. The molecule has 0 bridgehead atoms. The zero-order valence-electron chi connectivity index (χ0n) is 21.5. The predicted molar refractivity (Wildman–Crippen MR) is 149 cm³/mol. The number of amides is 1. The second-order valence-corrected chi connectivity index (χ2v) is 12.5. The number of nitrogens with zero attached hydrogens (tertiary/aromatic N) is 2. The van der Waals surface area contributed by atoms with Crippen LogP contribution in [-0.2, 0) is 24.8 Å². The number of nitrogens with one attached hydrogen (secondary N) is 1. The van der Waals surface area contributed by atoms with Crippen molar-refractivity contribution in [1.82, 2.24) is 4.31 Å². The van der Waals surface area contributed by atoms with E-state index in [1.807, 2.05) is 6.92 Å². The van der Waals surface area contributed by atoms with Gasteiger partial charge in [0.05, 0.1) is 22.6 Å². The zero-order valence-corrected chi connectivity index (χ0v) is 23.9. The van der Waals surface area contributed by atoms with Gasteiger partial charge >= 0.3 is 0 Å². The molecule has 0 saturated heterocycles. The highest BCUT2D eigenvalue weighted by Gasteiger charge is 2.30. The van der Waals surface area contributed by atoms with E-state index in [1.165, 1.54) is 59.9 Å². The summed E-state index contributed by atoms with van der Waals surface area (Å²) in [6.07, 6.45) is 0. The van der Waals surface area contributed by atoms with E-state index in [0.29, 0.717) is 18.8 Å². The molecule has 0 heterocycles. The van der Waals surface area contributed by atoms with Crippen LogP contribution in [0.3, 0.4) is 0 Å². The van der Waals surface area contributed by atoms with Gasteiger partial charge in [0.15, 0.2) is 0 Å². The first-order valence-electron chi connectivity index (χ1n) is 11.8. The van der Waals surface area contributed by atoms with Gasteiger partial charge in [-0.25, -0.2) is 16.8 Å². The monoisotopic (exact) mass is 579 g/mol. The molecule has 204 valence electrons. The van der Waals surface area contributed by atoms with Crippen LogP contribution in [0.1, 0.15) is 19.4 Å². The largest absolute Gasteiger partial charge is 0.495 e. The van der Waals surface area contributed by atoms with Gasteiger partial charge in [0, 0.05) is 23.8 Å². The van der Waals surface area contributed by atoms with Crippen molar-refractivity contribution in [3.05, 3.63) is 77.3 Å². The van der Waals surface area contributed by atoms with Crippen molar-refractivity contribution in [2.24, 2.45) is 0 Å². The minimum absolute atomic E-state index is 0.0103. The summed E-state index contributed by atoms with van der Waals surface area (Å²) in [5.41, 5.74) is 1.27. The lowest BCUT2D eigenvalue weighted by molar-refractivity contribution is -0.114. The lowest BCUT2D eigenvalue weighted by atomic mass is 10.2. The summed E-state index contributed by atoms with van der Waals surface area (Å²) in [6, 6.07) is 16.4. The maximum Gasteiger partial charge on any atom is 0.264 e. The number of aryl methyl sites for hydroxylation is 1. The highest BCUT2D eigenvalue weighted by Crippen LogP contribution is 2.35. The van der Waals surface area contributed by atoms with Gasteiger partial charge in [0.2, 0.25) is 15.9 Å². The molecular formula is C26H30ClN3O6S2. The predicted octanol–water partition coefficient (Wildman–Crippen LogP) is 4.52. The SMILES string of the molecule is CCN(CC)S(=O)(=O)c1ccc(NC(=O)CN(c2cc(Cl)ccc2OC)S(=O)(=O)c2ccc(C)cc2)cc1. The van der Waals surface area contributed by atoms with Crippen molar-refractivity contribution in [2.45, 2.75) is 30.6 Å². The number of carbonyl (C=O) groups is 1. The summed E-state index contributed by atoms with van der Waals surface area (Å²) >= 11 is 6.17. The van der Waals surface area contributed by atoms with Crippen LogP contribution >= 0.6 is 11.6 Å². The Kier molecular flexibility index (Phi) is 9.42. The average Bonchev–Trinajstić information content (AvgIpc) is 2.88. The molecule has 0 spiro atoms. The van der Waals surface area contributed by atoms with Crippen LogP contribution < -0.4 is 14.4 Å². The number of rotatable bonds is 11. The number of methoxy groups -OCH3 is 1. The summed E-state index contributed by atoms with van der Waals surface area (Å²) in [6.45, 7) is 5.40. The minimum atomic E-state index is -4.20. The third-order valence-electron chi connectivity index (χ3n) is 5.79. The number of sulfonamides is 2. The molecular weight excluding hydrogens is 550 g/mol. The molecule has 0 unspecified atom stereocenters. The molecule has 1 amide bonds. The molecule has 9 nitrogen and oxygen atoms in total. The van der Waals surface area contributed by atoms with Gasteiger partial charge in [-0.1, -0.05) is 43.1 Å². The van der Waals surface area contributed by atoms with Crippen molar-refractivity contribution in [2.75, 3.05) is 36.4 Å². The van der Waals surface area contributed by atoms with Gasteiger partial charge < -0.3 is 10.1 Å². The van der Waals surface area contributed by atoms with E-state index in [2.05, 4.69) is 5.32 Å². The van der Waals surface area contributed by atoms with Crippen LogP contribution in [0, 0.1) is 6.92 Å². The molecule has 0 aliphatic heterocycles. The highest BCUT2D eigenvalue weighted by atomic mass is 35.5. The van der Waals surface area contributed by atoms with Gasteiger partial charge in [0.1, 0.15) is 12.3 Å². The van der Waals surface area contributed by atoms with E-state index >= 15 is 0 Å². The molecule has 0 saturated carbocycles. The Morgan fingerprint density at radius 3 is 1.97 bits per heavy atom. The first-order chi connectivity index (χ1) is 17.9. The van der Waals surface area contributed by atoms with Gasteiger partial charge in [-0.05, 0) is 61.5 Å². The number of halogens is 1. The van der Waals surface area contributed by atoms with E-state index < -0.39 is 32.5 Å². The molecule has 38 heavy (non-hydrogen) atoms. The number of hydrogen-bond donors (Lipinski definition) is 1. The molecule has 12 heteroatoms. The van der Waals surface area contributed by atoms with Crippen LogP contribution in [0.25, 0.3) is 0 Å². The number of benzene rings is 3. The number of carbonyl (C=O) groups excluding carboxylic acids is 1. The molecule has 3 rings (SSSR count). The number of anilines is 2. The third-order valence-corrected chi connectivity index (χ3v) is 9.86. The molecule has 3 aromatic carbocycles. The Hall–Kier alpha value is -3.12. The Morgan fingerprint density at radius 2 is 1.42 bits per heavy atom. The molecule has 0 aromatic heterocycles. The smallest absolute Gasteiger partial charge is 0.264 e. The standard InChI is InChI=1S/C26H30ClN3O6S2/c1-5-29(6-2)37(32,33)22-14-10-21(11-15-22)28-26(31)18-30(24-17-20(27)9-16-25(24)36-4)38(34,35)23-12-7-19(3)8-13-23/h7-17H,5-6,18H2,1-4H3,(H,28,31). The molecule has 0 fully saturated rings. The van der Waals surface area contributed by atoms with Crippen LogP contribution in [0.5, 0.6) is 5.75 Å². The maximum atomic E-state index is 13.7. The van der Waals surface area contributed by atoms with Crippen LogP contribution in [0.4, 0.5) is 11.4 Å². The van der Waals surface area contributed by atoms with E-state index in [-0.39, 0.29) is 26.3 Å². The lowest BCUT2D eigenvalue weighted by Crippen LogP contribution is -2.38. The minimum Gasteiger partial charge on any atom is -0.495 e. The van der Waals surface area contributed by atoms with Crippen molar-refractivity contribution in [3.8, 4) is 5.75 Å². The first-order valence-corrected chi connectivity index (χ1v) is 15.0. The van der Waals surface area contributed by atoms with Crippen molar-refractivity contribution in [3.63, 3.8) is 0 Å². The zero-order chi connectivity index (χ0) is 28.1. The Morgan fingerprint density at radius 1 is 0.868 bits per heavy atom. The summed E-state index contributed by atoms with van der Waals surface area (Å²) in [5, 5.41) is 2.90. The summed E-state index contributed by atoms with van der Waals surface area (Å²) in [7, 11) is -6.47. The maximum absolute atomic E-state index is 13.7. The Balaban J connectivity index is 1.93. The van der Waals surface area contributed by atoms with Crippen LogP contribution in [0.2, 0.25) is 5.02 Å². The van der Waals surface area contributed by atoms with Gasteiger partial charge in [0.25, 0.3) is 10.0 Å². The lowest BCUT2D eigenvalue weighted by Gasteiger charge is -2.26. The first kappa shape index (κ1) is 29.4. The van der Waals surface area contributed by atoms with Gasteiger partial charge in [-0.2, -0.15) is 4.31 Å². The van der Waals surface area contributed by atoms with E-state index in [0.717, 1.165) is 9.87 Å². The molecule has 0 aliphatic carbocycles. The molecule has 0 aliphatic rings. The Labute approximate surface area is 229 Å². The Bertz CT molecular complexity index is 1490. The van der Waals surface area contributed by atoms with Gasteiger partial charge in [-0.3, -0.25) is 9.10 Å². The normalized spacial score (nSPS) is 11.8. The quantitative estimate of drug-likeness (QED) is 0.357. The fraction of sp³-hybridized carbons (Fsp3) is 0.269. The average molecular weight is 580 g/mol. The number of hydrogen-bond acceptors (Lipinski definition) is 6. The van der Waals surface area contributed by atoms with Crippen molar-refractivity contribution >= 4 is 48.9 Å². The fourth-order valence-electron chi connectivity index (χ4n) is 3.75. The number of ether oxygens (including phenoxy) is 1. The molecule has 0 radical (unpaired) electrons. The second kappa shape index (κ2) is 12.2. The van der Waals surface area contributed by atoms with E-state index in [9.17, 15) is 21.6 Å². The highest BCUT2D eigenvalue weighted by molar-refractivity contribution is 7.93. The summed E-state index contributed by atoms with van der Waals surface area (Å²) < 4.78 is 60.4. The third kappa shape index (κ3) is 6.47. The molecule has 0 atom stereocenters. The summed E-state index contributed by atoms with van der Waals surface area (Å²) in [5.74, 6) is -0.439. The summed E-state index contributed by atoms with van der Waals surface area (Å²) in [4.78, 5) is 13.2. The van der Waals surface area contributed by atoms with Gasteiger partial charge in [-0.15, -0.1) is 0 Å². The topological polar surface area (TPSA) is 113 Å². The van der Waals surface area contributed by atoms with Crippen molar-refractivity contribution in [1.29, 1.82) is 0 Å². The van der Waals surface area contributed by atoms with Crippen LogP contribution in [-0.4, -0.2) is 53.8 Å². The second-order valence-electron chi connectivity index (χ2n) is 8.30.